The Morgan fingerprint density at radius 2 is 1.67 bits per heavy atom. The Labute approximate surface area is 237 Å². The third kappa shape index (κ3) is 6.72. The molecule has 2 heterocycles. The summed E-state index contributed by atoms with van der Waals surface area (Å²) >= 11 is 0. The zero-order valence-corrected chi connectivity index (χ0v) is 22.4. The molecule has 0 radical (unpaired) electrons. The van der Waals surface area contributed by atoms with E-state index < -0.39 is 62.5 Å². The predicted octanol–water partition coefficient (Wildman–Crippen LogP) is 4.31. The second-order valence-electron chi connectivity index (χ2n) is 8.69. The summed E-state index contributed by atoms with van der Waals surface area (Å²) in [5.74, 6) is 0.270. The average Bonchev–Trinajstić information content (AvgIpc) is 3.53. The van der Waals surface area contributed by atoms with Gasteiger partial charge >= 0.3 is 24.1 Å². The van der Waals surface area contributed by atoms with Crippen molar-refractivity contribution < 1.29 is 48.7 Å². The highest BCUT2D eigenvalue weighted by molar-refractivity contribution is 7.89. The maximum absolute atomic E-state index is 14.1. The average molecular weight is 631 g/mol. The molecule has 1 amide bonds. The molecule has 0 aliphatic carbocycles. The van der Waals surface area contributed by atoms with Crippen LogP contribution in [0.2, 0.25) is 0 Å². The molecular weight excluding hydrogens is 615 g/mol. The van der Waals surface area contributed by atoms with Crippen molar-refractivity contribution in [2.75, 3.05) is 18.2 Å². The van der Waals surface area contributed by atoms with Crippen LogP contribution in [0.5, 0.6) is 5.75 Å². The minimum atomic E-state index is -5.49. The lowest BCUT2D eigenvalue weighted by atomic mass is 10.1. The normalized spacial score (nSPS) is 12.0. The number of aromatic nitrogens is 4. The number of rotatable bonds is 4. The van der Waals surface area contributed by atoms with Crippen LogP contribution in [0.3, 0.4) is 0 Å². The number of amides is 1. The van der Waals surface area contributed by atoms with Gasteiger partial charge in [-0.05, 0) is 42.3 Å². The molecule has 0 aliphatic rings. The number of nitrogens with zero attached hydrogens (tertiary/aromatic N) is 5. The first-order chi connectivity index (χ1) is 19.9. The first kappa shape index (κ1) is 30.9. The summed E-state index contributed by atoms with van der Waals surface area (Å²) in [6, 6.07) is 6.26. The number of anilines is 1. The largest absolute Gasteiger partial charge is 0.420 e. The van der Waals surface area contributed by atoms with Gasteiger partial charge in [0.1, 0.15) is 11.4 Å². The number of carbonyl (C=O) groups excluding carboxylic acids is 1. The minimum absolute atomic E-state index is 0.00181. The van der Waals surface area contributed by atoms with Crippen LogP contribution in [0.1, 0.15) is 16.7 Å². The summed E-state index contributed by atoms with van der Waals surface area (Å²) in [6.07, 6.45) is -7.73. The van der Waals surface area contributed by atoms with Crippen molar-refractivity contribution in [3.63, 3.8) is 0 Å². The molecule has 18 heteroatoms. The number of alkyl halides is 6. The van der Waals surface area contributed by atoms with Crippen LogP contribution in [0.4, 0.5) is 41.2 Å². The molecule has 0 N–H and O–H groups in total. The van der Waals surface area contributed by atoms with Gasteiger partial charge in [-0.1, -0.05) is 0 Å². The lowest BCUT2D eigenvalue weighted by Crippen LogP contribution is -2.31. The summed E-state index contributed by atoms with van der Waals surface area (Å²) in [7, 11) is -2.71. The lowest BCUT2D eigenvalue weighted by Gasteiger charge is -2.22. The second kappa shape index (κ2) is 11.0. The third-order valence-electron chi connectivity index (χ3n) is 5.64. The first-order valence-electron chi connectivity index (χ1n) is 11.5. The molecule has 0 fully saturated rings. The summed E-state index contributed by atoms with van der Waals surface area (Å²) in [5, 5.41) is 3.57. The first-order valence-corrected chi connectivity index (χ1v) is 13.3. The van der Waals surface area contributed by atoms with Crippen LogP contribution in [-0.4, -0.2) is 46.1 Å². The van der Waals surface area contributed by atoms with Crippen LogP contribution >= 0.6 is 0 Å². The van der Waals surface area contributed by atoms with E-state index in [1.807, 2.05) is 0 Å². The van der Waals surface area contributed by atoms with Crippen molar-refractivity contribution in [1.29, 1.82) is 0 Å². The van der Waals surface area contributed by atoms with Gasteiger partial charge in [0.15, 0.2) is 5.75 Å². The molecule has 43 heavy (non-hydrogen) atoms. The fourth-order valence-electron chi connectivity index (χ4n) is 3.52. The van der Waals surface area contributed by atoms with Crippen molar-refractivity contribution in [2.24, 2.45) is 0 Å². The van der Waals surface area contributed by atoms with Gasteiger partial charge in [-0.2, -0.15) is 35.5 Å². The summed E-state index contributed by atoms with van der Waals surface area (Å²) in [6.45, 7) is 0. The lowest BCUT2D eigenvalue weighted by molar-refractivity contribution is -0.143. The topological polar surface area (TPSA) is 108 Å². The molecule has 2 aromatic heterocycles. The molecule has 2 aromatic carbocycles. The van der Waals surface area contributed by atoms with Crippen molar-refractivity contribution in [2.45, 2.75) is 12.4 Å². The van der Waals surface area contributed by atoms with Crippen LogP contribution in [0.15, 0.2) is 66.0 Å². The van der Waals surface area contributed by atoms with Crippen LogP contribution in [0.25, 0.3) is 5.69 Å². The highest BCUT2D eigenvalue weighted by Crippen LogP contribution is 2.44. The molecule has 0 saturated carbocycles. The number of benzene rings is 2. The quantitative estimate of drug-likeness (QED) is 0.246. The van der Waals surface area contributed by atoms with Gasteiger partial charge in [0.05, 0.1) is 35.5 Å². The fourth-order valence-corrected chi connectivity index (χ4v) is 4.04. The summed E-state index contributed by atoms with van der Waals surface area (Å²) < 4.78 is 126. The van der Waals surface area contributed by atoms with E-state index >= 15 is 0 Å². The Balaban J connectivity index is 1.85. The number of ether oxygens (including phenoxy) is 1. The van der Waals surface area contributed by atoms with E-state index in [0.29, 0.717) is 18.1 Å². The van der Waals surface area contributed by atoms with E-state index in [-0.39, 0.29) is 23.4 Å². The van der Waals surface area contributed by atoms with E-state index in [1.165, 1.54) is 0 Å². The summed E-state index contributed by atoms with van der Waals surface area (Å²) in [4.78, 5) is 26.5. The van der Waals surface area contributed by atoms with Gasteiger partial charge in [-0.15, -0.1) is 0 Å². The molecular formula is C25H16F7N5O5S. The molecule has 4 rings (SSSR count). The maximum Gasteiger partial charge on any atom is 0.420 e. The van der Waals surface area contributed by atoms with Crippen LogP contribution < -0.4 is 15.3 Å². The highest BCUT2D eigenvalue weighted by atomic mass is 32.2. The molecule has 226 valence electrons. The Morgan fingerprint density at radius 3 is 2.23 bits per heavy atom. The zero-order valence-electron chi connectivity index (χ0n) is 21.6. The van der Waals surface area contributed by atoms with Gasteiger partial charge in [0.2, 0.25) is 0 Å². The smallest absolute Gasteiger partial charge is 0.407 e. The maximum atomic E-state index is 14.1. The standard InChI is InChI=1S/C25H16F7N5O5S/c1-34(18-5-3-17(26)4-6-18)23(39)42-21-19(25(30,31)32)11-16(24(27,28)29)12-20(21)36-10-9-35(22(36)38)8-7-15-13-33-37(14-15)43(2,40)41/h3-6,9-14H,1-2H3. The Hall–Kier alpha value is -5.05. The van der Waals surface area contributed by atoms with Gasteiger partial charge in [0.25, 0.3) is 10.0 Å². The van der Waals surface area contributed by atoms with Crippen molar-refractivity contribution in [1.82, 2.24) is 18.3 Å². The minimum Gasteiger partial charge on any atom is -0.407 e. The van der Waals surface area contributed by atoms with Crippen LogP contribution in [0, 0.1) is 17.8 Å². The predicted molar refractivity (Wildman–Crippen MR) is 136 cm³/mol. The number of hydrogen-bond donors (Lipinski definition) is 0. The summed E-state index contributed by atoms with van der Waals surface area (Å²) in [5.41, 5.74) is -6.22. The van der Waals surface area contributed by atoms with Gasteiger partial charge in [-0.25, -0.2) is 27.0 Å². The van der Waals surface area contributed by atoms with E-state index in [4.69, 9.17) is 4.74 Å². The van der Waals surface area contributed by atoms with Gasteiger partial charge in [0, 0.05) is 31.2 Å². The number of carbonyl (C=O) groups is 1. The Morgan fingerprint density at radius 1 is 1.02 bits per heavy atom. The SMILES string of the molecule is CN(C(=O)Oc1c(-n2ccn(C#Cc3cnn(S(C)(=O)=O)c3)c2=O)cc(C(F)(F)F)cc1C(F)(F)F)c1ccc(F)cc1. The van der Waals surface area contributed by atoms with E-state index in [1.54, 1.807) is 0 Å². The fraction of sp³-hybridized carbons (Fsp3) is 0.160. The highest BCUT2D eigenvalue weighted by Gasteiger charge is 2.42. The molecule has 0 aliphatic heterocycles. The third-order valence-corrected chi connectivity index (χ3v) is 6.52. The molecule has 0 atom stereocenters. The number of hydrogen-bond acceptors (Lipinski definition) is 6. The Kier molecular flexibility index (Phi) is 7.89. The molecule has 0 bridgehead atoms. The van der Waals surface area contributed by atoms with Gasteiger partial charge < -0.3 is 4.74 Å². The van der Waals surface area contributed by atoms with Crippen molar-refractivity contribution in [3.8, 4) is 23.4 Å². The molecule has 0 saturated heterocycles. The van der Waals surface area contributed by atoms with E-state index in [0.717, 1.165) is 62.4 Å². The van der Waals surface area contributed by atoms with E-state index in [9.17, 15) is 48.7 Å². The molecule has 4 aromatic rings. The number of imidazole rings is 1. The molecule has 10 nitrogen and oxygen atoms in total. The van der Waals surface area contributed by atoms with E-state index in [2.05, 4.69) is 17.1 Å². The zero-order chi connectivity index (χ0) is 31.9. The molecule has 0 unspecified atom stereocenters. The van der Waals surface area contributed by atoms with Crippen molar-refractivity contribution >= 4 is 21.8 Å². The Bertz CT molecular complexity index is 1930. The van der Waals surface area contributed by atoms with Crippen LogP contribution in [-0.2, 0) is 22.4 Å². The van der Waals surface area contributed by atoms with Crippen molar-refractivity contribution in [3.05, 3.63) is 94.2 Å². The monoisotopic (exact) mass is 631 g/mol. The molecule has 0 spiro atoms. The number of halogens is 7. The van der Waals surface area contributed by atoms with Gasteiger partial charge in [-0.3, -0.25) is 9.47 Å². The second-order valence-corrected chi connectivity index (χ2v) is 10.5.